The molecule has 6 nitrogen and oxygen atoms in total. The Morgan fingerprint density at radius 3 is 2.64 bits per heavy atom. The minimum absolute atomic E-state index is 0.170. The molecule has 1 aromatic heterocycles. The molecule has 6 heteroatoms. The maximum Gasteiger partial charge on any atom is 0.438 e. The van der Waals surface area contributed by atoms with Gasteiger partial charge in [0.05, 0.1) is 6.10 Å². The molecule has 0 N–H and O–H groups in total. The molecule has 0 saturated heterocycles. The highest BCUT2D eigenvalue weighted by Crippen LogP contribution is 2.50. The monoisotopic (exact) mass is 311 g/mol. The van der Waals surface area contributed by atoms with E-state index in [9.17, 15) is 4.79 Å². The van der Waals surface area contributed by atoms with E-state index in [-0.39, 0.29) is 11.2 Å². The van der Waals surface area contributed by atoms with E-state index in [0.29, 0.717) is 31.1 Å². The number of methoxy groups -OCH3 is 1. The fourth-order valence-corrected chi connectivity index (χ4v) is 3.92. The molecule has 0 radical (unpaired) electrons. The summed E-state index contributed by atoms with van der Waals surface area (Å²) in [6.07, 6.45) is 5.08. The van der Waals surface area contributed by atoms with E-state index < -0.39 is 0 Å². The Bertz CT molecular complexity index is 533. The summed E-state index contributed by atoms with van der Waals surface area (Å²) in [6.45, 7) is 6.95. The second-order valence-corrected chi connectivity index (χ2v) is 6.33. The van der Waals surface area contributed by atoms with Crippen LogP contribution in [0.1, 0.15) is 52.3 Å². The SMILES string of the molecule is CCCc1nn(CN(C)[C@@H]2C[C@H](OC)C2(CC)CC)c(=O)o1. The predicted molar refractivity (Wildman–Crippen MR) is 84.7 cm³/mol. The van der Waals surface area contributed by atoms with Crippen LogP contribution in [-0.2, 0) is 17.8 Å². The number of hydrogen-bond donors (Lipinski definition) is 0. The third-order valence-electron chi connectivity index (χ3n) is 5.34. The first-order valence-electron chi connectivity index (χ1n) is 8.32. The van der Waals surface area contributed by atoms with Crippen LogP contribution in [0.4, 0.5) is 0 Å². The van der Waals surface area contributed by atoms with Crippen molar-refractivity contribution < 1.29 is 9.15 Å². The van der Waals surface area contributed by atoms with Gasteiger partial charge in [-0.2, -0.15) is 4.68 Å². The van der Waals surface area contributed by atoms with Crippen LogP contribution < -0.4 is 5.76 Å². The average Bonchev–Trinajstić information content (AvgIpc) is 2.80. The Labute approximate surface area is 132 Å². The van der Waals surface area contributed by atoms with Crippen LogP contribution in [0.2, 0.25) is 0 Å². The lowest BCUT2D eigenvalue weighted by Crippen LogP contribution is -2.63. The van der Waals surface area contributed by atoms with Crippen molar-refractivity contribution >= 4 is 0 Å². The fourth-order valence-electron chi connectivity index (χ4n) is 3.92. The second-order valence-electron chi connectivity index (χ2n) is 6.33. The molecule has 1 aliphatic rings. The zero-order valence-corrected chi connectivity index (χ0v) is 14.5. The van der Waals surface area contributed by atoms with E-state index in [2.05, 4.69) is 30.9 Å². The molecular weight excluding hydrogens is 282 g/mol. The lowest BCUT2D eigenvalue weighted by atomic mass is 9.58. The standard InChI is InChI=1S/C16H29N3O3/c1-6-9-14-17-19(15(20)22-14)11-18(4)12-10-13(21-5)16(12,7-2)8-3/h12-13H,6-11H2,1-5H3/t12-,13+/m1/s1. The number of hydrogen-bond acceptors (Lipinski definition) is 5. The normalized spacial score (nSPS) is 23.7. The third kappa shape index (κ3) is 2.86. The molecule has 1 aliphatic carbocycles. The molecule has 0 aliphatic heterocycles. The second kappa shape index (κ2) is 6.96. The molecule has 2 rings (SSSR count). The van der Waals surface area contributed by atoms with Crippen molar-refractivity contribution in [3.05, 3.63) is 16.4 Å². The van der Waals surface area contributed by atoms with E-state index in [1.807, 2.05) is 6.92 Å². The van der Waals surface area contributed by atoms with E-state index >= 15 is 0 Å². The van der Waals surface area contributed by atoms with Crippen LogP contribution >= 0.6 is 0 Å². The molecule has 2 atom stereocenters. The first-order valence-corrected chi connectivity index (χ1v) is 8.32. The van der Waals surface area contributed by atoms with Crippen LogP contribution in [0.25, 0.3) is 0 Å². The smallest absolute Gasteiger partial charge is 0.392 e. The van der Waals surface area contributed by atoms with Crippen LogP contribution in [0.15, 0.2) is 9.21 Å². The van der Waals surface area contributed by atoms with Gasteiger partial charge < -0.3 is 9.15 Å². The van der Waals surface area contributed by atoms with Crippen LogP contribution in [0.5, 0.6) is 0 Å². The van der Waals surface area contributed by atoms with Crippen molar-refractivity contribution in [3.8, 4) is 0 Å². The minimum Gasteiger partial charge on any atom is -0.392 e. The topological polar surface area (TPSA) is 60.5 Å². The lowest BCUT2D eigenvalue weighted by molar-refractivity contribution is -0.162. The van der Waals surface area contributed by atoms with Crippen molar-refractivity contribution in [2.75, 3.05) is 14.2 Å². The van der Waals surface area contributed by atoms with Gasteiger partial charge >= 0.3 is 5.76 Å². The molecule has 126 valence electrons. The van der Waals surface area contributed by atoms with Crippen LogP contribution in [0, 0.1) is 5.41 Å². The number of aryl methyl sites for hydroxylation is 1. The van der Waals surface area contributed by atoms with E-state index in [4.69, 9.17) is 9.15 Å². The zero-order valence-electron chi connectivity index (χ0n) is 14.5. The van der Waals surface area contributed by atoms with Gasteiger partial charge in [0, 0.05) is 25.0 Å². The molecule has 0 unspecified atom stereocenters. The molecular formula is C16H29N3O3. The summed E-state index contributed by atoms with van der Waals surface area (Å²) in [5.41, 5.74) is 0.170. The first-order chi connectivity index (χ1) is 10.5. The van der Waals surface area contributed by atoms with Gasteiger partial charge in [-0.25, -0.2) is 4.79 Å². The number of rotatable bonds is 8. The third-order valence-corrected chi connectivity index (χ3v) is 5.34. The van der Waals surface area contributed by atoms with Gasteiger partial charge in [0.1, 0.15) is 6.67 Å². The Morgan fingerprint density at radius 2 is 2.09 bits per heavy atom. The molecule has 22 heavy (non-hydrogen) atoms. The lowest BCUT2D eigenvalue weighted by Gasteiger charge is -2.57. The summed E-state index contributed by atoms with van der Waals surface area (Å²) in [5.74, 6) is 0.165. The summed E-state index contributed by atoms with van der Waals surface area (Å²) < 4.78 is 12.3. The largest absolute Gasteiger partial charge is 0.438 e. The first kappa shape index (κ1) is 17.2. The summed E-state index contributed by atoms with van der Waals surface area (Å²) in [4.78, 5) is 14.1. The fraction of sp³-hybridized carbons (Fsp3) is 0.875. The van der Waals surface area contributed by atoms with Crippen molar-refractivity contribution in [2.24, 2.45) is 5.41 Å². The highest BCUT2D eigenvalue weighted by Gasteiger charge is 2.54. The summed E-state index contributed by atoms with van der Waals surface area (Å²) in [7, 11) is 3.84. The average molecular weight is 311 g/mol. The molecule has 0 amide bonds. The minimum atomic E-state index is -0.364. The summed E-state index contributed by atoms with van der Waals surface area (Å²) in [6, 6.07) is 0.408. The van der Waals surface area contributed by atoms with Crippen LogP contribution in [-0.4, -0.2) is 41.0 Å². The van der Waals surface area contributed by atoms with Gasteiger partial charge in [0.2, 0.25) is 5.89 Å². The molecule has 1 heterocycles. The Hall–Kier alpha value is -1.14. The number of aromatic nitrogens is 2. The van der Waals surface area contributed by atoms with E-state index in [0.717, 1.165) is 25.7 Å². The van der Waals surface area contributed by atoms with Gasteiger partial charge in [0.25, 0.3) is 0 Å². The van der Waals surface area contributed by atoms with Crippen molar-refractivity contribution in [3.63, 3.8) is 0 Å². The molecule has 1 aromatic rings. The Balaban J connectivity index is 2.09. The van der Waals surface area contributed by atoms with Crippen molar-refractivity contribution in [1.82, 2.24) is 14.7 Å². The van der Waals surface area contributed by atoms with Gasteiger partial charge in [-0.05, 0) is 32.7 Å². The quantitative estimate of drug-likeness (QED) is 0.737. The number of ether oxygens (including phenoxy) is 1. The van der Waals surface area contributed by atoms with E-state index in [1.54, 1.807) is 7.11 Å². The molecule has 1 fully saturated rings. The van der Waals surface area contributed by atoms with Crippen molar-refractivity contribution in [2.45, 2.75) is 71.7 Å². The maximum atomic E-state index is 11.9. The number of nitrogens with zero attached hydrogens (tertiary/aromatic N) is 3. The highest BCUT2D eigenvalue weighted by atomic mass is 16.5. The van der Waals surface area contributed by atoms with Gasteiger partial charge in [-0.15, -0.1) is 5.10 Å². The van der Waals surface area contributed by atoms with E-state index in [1.165, 1.54) is 4.68 Å². The zero-order chi connectivity index (χ0) is 16.3. The Kier molecular flexibility index (Phi) is 5.45. The van der Waals surface area contributed by atoms with Gasteiger partial charge in [-0.3, -0.25) is 4.90 Å². The molecule has 0 bridgehead atoms. The van der Waals surface area contributed by atoms with Gasteiger partial charge in [-0.1, -0.05) is 20.8 Å². The molecule has 0 aromatic carbocycles. The summed E-state index contributed by atoms with van der Waals surface area (Å²) >= 11 is 0. The molecule has 0 spiro atoms. The maximum absolute atomic E-state index is 11.9. The van der Waals surface area contributed by atoms with Crippen molar-refractivity contribution in [1.29, 1.82) is 0 Å². The van der Waals surface area contributed by atoms with Crippen LogP contribution in [0.3, 0.4) is 0 Å². The highest BCUT2D eigenvalue weighted by molar-refractivity contribution is 5.06. The molecule has 1 saturated carbocycles. The predicted octanol–water partition coefficient (Wildman–Crippen LogP) is 2.27. The van der Waals surface area contributed by atoms with Gasteiger partial charge in [0.15, 0.2) is 0 Å². The Morgan fingerprint density at radius 1 is 1.41 bits per heavy atom. The summed E-state index contributed by atoms with van der Waals surface area (Å²) in [5, 5.41) is 4.28.